The number of methoxy groups -OCH3 is 1. The standard InChI is InChI=1S/C26H29F2N9O2/c1-5-21(38)18-11-31-23(34-24-12-29-16(10-30-24)13-36(2)14-22(27)28)9-20(18)33-19-8-6-7-17(25(19)39-4)26-32-15-37(3)35-26/h6-12,15,22H,5,13-14H2,1-4H3,(H2,30,31,33,34). The molecule has 0 radical (unpaired) electrons. The summed E-state index contributed by atoms with van der Waals surface area (Å²) in [6.45, 7) is 1.67. The highest BCUT2D eigenvalue weighted by molar-refractivity contribution is 6.02. The number of pyridine rings is 1. The Kier molecular flexibility index (Phi) is 8.71. The third kappa shape index (κ3) is 6.87. The van der Waals surface area contributed by atoms with E-state index >= 15 is 0 Å². The number of hydrogen-bond acceptors (Lipinski definition) is 10. The number of benzene rings is 1. The third-order valence-corrected chi connectivity index (χ3v) is 5.70. The smallest absolute Gasteiger partial charge is 0.251 e. The molecule has 39 heavy (non-hydrogen) atoms. The molecular weight excluding hydrogens is 508 g/mol. The first kappa shape index (κ1) is 27.5. The summed E-state index contributed by atoms with van der Waals surface area (Å²) in [5.41, 5.74) is 2.78. The van der Waals surface area contributed by atoms with Crippen LogP contribution in [0.25, 0.3) is 11.4 Å². The number of alkyl halides is 2. The molecule has 0 saturated heterocycles. The first-order chi connectivity index (χ1) is 18.8. The van der Waals surface area contributed by atoms with E-state index in [-0.39, 0.29) is 18.9 Å². The van der Waals surface area contributed by atoms with Gasteiger partial charge >= 0.3 is 0 Å². The molecule has 0 bridgehead atoms. The Morgan fingerprint density at radius 2 is 1.87 bits per heavy atom. The van der Waals surface area contributed by atoms with Crippen molar-refractivity contribution >= 4 is 28.8 Å². The number of aromatic nitrogens is 6. The maximum absolute atomic E-state index is 12.7. The molecule has 11 nitrogen and oxygen atoms in total. The van der Waals surface area contributed by atoms with E-state index in [4.69, 9.17) is 4.74 Å². The van der Waals surface area contributed by atoms with Crippen LogP contribution in [0.3, 0.4) is 0 Å². The molecule has 4 rings (SSSR count). The van der Waals surface area contributed by atoms with Crippen molar-refractivity contribution in [1.29, 1.82) is 0 Å². The zero-order valence-electron chi connectivity index (χ0n) is 22.0. The molecule has 3 heterocycles. The number of ether oxygens (including phenoxy) is 1. The van der Waals surface area contributed by atoms with Crippen LogP contribution in [0.15, 0.2) is 49.2 Å². The van der Waals surface area contributed by atoms with Crippen LogP contribution in [0.4, 0.5) is 31.8 Å². The molecule has 0 saturated carbocycles. The van der Waals surface area contributed by atoms with Crippen LogP contribution in [0.1, 0.15) is 29.4 Å². The monoisotopic (exact) mass is 537 g/mol. The molecule has 0 aliphatic carbocycles. The summed E-state index contributed by atoms with van der Waals surface area (Å²) >= 11 is 0. The summed E-state index contributed by atoms with van der Waals surface area (Å²) in [5.74, 6) is 1.76. The highest BCUT2D eigenvalue weighted by atomic mass is 19.3. The van der Waals surface area contributed by atoms with Gasteiger partial charge in [0.2, 0.25) is 0 Å². The second kappa shape index (κ2) is 12.3. The number of Topliss-reactive ketones (excluding diaryl/α,β-unsaturated/α-hetero) is 1. The van der Waals surface area contributed by atoms with Crippen LogP contribution in [-0.2, 0) is 13.6 Å². The zero-order valence-corrected chi connectivity index (χ0v) is 22.0. The fourth-order valence-corrected chi connectivity index (χ4v) is 3.89. The van der Waals surface area contributed by atoms with E-state index in [0.29, 0.717) is 57.8 Å². The van der Waals surface area contributed by atoms with Crippen molar-refractivity contribution in [3.63, 3.8) is 0 Å². The number of hydrogen-bond donors (Lipinski definition) is 2. The van der Waals surface area contributed by atoms with Gasteiger partial charge in [-0.25, -0.2) is 23.7 Å². The first-order valence-corrected chi connectivity index (χ1v) is 12.1. The van der Waals surface area contributed by atoms with E-state index in [9.17, 15) is 13.6 Å². The van der Waals surface area contributed by atoms with Crippen LogP contribution in [0.2, 0.25) is 0 Å². The van der Waals surface area contributed by atoms with Gasteiger partial charge in [0.1, 0.15) is 18.0 Å². The van der Waals surface area contributed by atoms with E-state index in [0.717, 1.165) is 0 Å². The summed E-state index contributed by atoms with van der Waals surface area (Å²) < 4.78 is 32.4. The summed E-state index contributed by atoms with van der Waals surface area (Å²) in [6.07, 6.45) is 3.98. The molecule has 0 aliphatic rings. The molecule has 1 aromatic carbocycles. The molecule has 13 heteroatoms. The number of carbonyl (C=O) groups excluding carboxylic acids is 1. The molecule has 3 aromatic heterocycles. The minimum atomic E-state index is -2.42. The van der Waals surface area contributed by atoms with Gasteiger partial charge in [0.15, 0.2) is 17.4 Å². The normalized spacial score (nSPS) is 11.2. The Morgan fingerprint density at radius 1 is 1.08 bits per heavy atom. The molecule has 204 valence electrons. The highest BCUT2D eigenvalue weighted by Gasteiger charge is 2.18. The number of nitrogens with one attached hydrogen (secondary N) is 2. The fourth-order valence-electron chi connectivity index (χ4n) is 3.89. The lowest BCUT2D eigenvalue weighted by Crippen LogP contribution is -2.24. The lowest BCUT2D eigenvalue weighted by molar-refractivity contribution is 0.0968. The van der Waals surface area contributed by atoms with Crippen molar-refractivity contribution in [1.82, 2.24) is 34.6 Å². The van der Waals surface area contributed by atoms with Crippen molar-refractivity contribution in [2.75, 3.05) is 31.3 Å². The number of aryl methyl sites for hydroxylation is 1. The summed E-state index contributed by atoms with van der Waals surface area (Å²) in [4.78, 5) is 31.5. The van der Waals surface area contributed by atoms with Gasteiger partial charge in [-0.1, -0.05) is 13.0 Å². The van der Waals surface area contributed by atoms with Gasteiger partial charge in [0, 0.05) is 32.3 Å². The van der Waals surface area contributed by atoms with Crippen molar-refractivity contribution in [2.24, 2.45) is 7.05 Å². The molecule has 4 aromatic rings. The lowest BCUT2D eigenvalue weighted by Gasteiger charge is -2.17. The topological polar surface area (TPSA) is 123 Å². The Bertz CT molecular complexity index is 1430. The van der Waals surface area contributed by atoms with Crippen LogP contribution in [0.5, 0.6) is 5.75 Å². The van der Waals surface area contributed by atoms with Gasteiger partial charge < -0.3 is 15.4 Å². The zero-order chi connectivity index (χ0) is 27.9. The van der Waals surface area contributed by atoms with Crippen molar-refractivity contribution in [3.05, 3.63) is 60.4 Å². The molecule has 0 aliphatic heterocycles. The second-order valence-corrected chi connectivity index (χ2v) is 8.75. The van der Waals surface area contributed by atoms with E-state index < -0.39 is 6.43 Å². The minimum Gasteiger partial charge on any atom is -0.494 e. The maximum Gasteiger partial charge on any atom is 0.251 e. The largest absolute Gasteiger partial charge is 0.494 e. The summed E-state index contributed by atoms with van der Waals surface area (Å²) in [6, 6.07) is 7.22. The van der Waals surface area contributed by atoms with Crippen molar-refractivity contribution in [3.8, 4) is 17.1 Å². The maximum atomic E-state index is 12.7. The van der Waals surface area contributed by atoms with Gasteiger partial charge in [-0.3, -0.25) is 19.4 Å². The fraction of sp³-hybridized carbons (Fsp3) is 0.308. The van der Waals surface area contributed by atoms with E-state index in [2.05, 4.69) is 35.7 Å². The number of ketones is 1. The van der Waals surface area contributed by atoms with E-state index in [1.807, 2.05) is 18.2 Å². The van der Waals surface area contributed by atoms with Crippen LogP contribution in [0, 0.1) is 0 Å². The van der Waals surface area contributed by atoms with Gasteiger partial charge in [0.05, 0.1) is 54.2 Å². The average Bonchev–Trinajstić information content (AvgIpc) is 3.35. The molecule has 0 unspecified atom stereocenters. The average molecular weight is 538 g/mol. The van der Waals surface area contributed by atoms with Gasteiger partial charge in [-0.05, 0) is 19.2 Å². The molecule has 0 amide bonds. The molecular formula is C26H29F2N9O2. The number of halogens is 2. The quantitative estimate of drug-likeness (QED) is 0.251. The molecule has 0 atom stereocenters. The van der Waals surface area contributed by atoms with Crippen molar-refractivity contribution in [2.45, 2.75) is 26.3 Å². The third-order valence-electron chi connectivity index (χ3n) is 5.70. The lowest BCUT2D eigenvalue weighted by atomic mass is 10.1. The molecule has 0 fully saturated rings. The Balaban J connectivity index is 1.60. The van der Waals surface area contributed by atoms with Crippen LogP contribution in [-0.4, -0.2) is 67.5 Å². The van der Waals surface area contributed by atoms with E-state index in [1.165, 1.54) is 23.5 Å². The number of nitrogens with zero attached hydrogens (tertiary/aromatic N) is 7. The predicted molar refractivity (Wildman–Crippen MR) is 143 cm³/mol. The number of anilines is 4. The van der Waals surface area contributed by atoms with Gasteiger partial charge in [-0.2, -0.15) is 5.10 Å². The SMILES string of the molecule is CCC(=O)c1cnc(Nc2cnc(CN(C)CC(F)F)cn2)cc1Nc1cccc(-c2ncn(C)n2)c1OC. The second-order valence-electron chi connectivity index (χ2n) is 8.75. The summed E-state index contributed by atoms with van der Waals surface area (Å²) in [5, 5.41) is 10.7. The van der Waals surface area contributed by atoms with Crippen LogP contribution < -0.4 is 15.4 Å². The van der Waals surface area contributed by atoms with Crippen LogP contribution >= 0.6 is 0 Å². The Labute approximate surface area is 224 Å². The number of rotatable bonds is 12. The minimum absolute atomic E-state index is 0.0878. The van der Waals surface area contributed by atoms with Gasteiger partial charge in [0.25, 0.3) is 6.43 Å². The Hall–Kier alpha value is -4.52. The molecule has 2 N–H and O–H groups in total. The highest BCUT2D eigenvalue weighted by Crippen LogP contribution is 2.37. The Morgan fingerprint density at radius 3 is 2.51 bits per heavy atom. The number of para-hydroxylation sites is 1. The molecule has 0 spiro atoms. The summed E-state index contributed by atoms with van der Waals surface area (Å²) in [7, 11) is 4.93. The number of carbonyl (C=O) groups is 1. The van der Waals surface area contributed by atoms with E-state index in [1.54, 1.807) is 45.2 Å². The first-order valence-electron chi connectivity index (χ1n) is 12.1. The van der Waals surface area contributed by atoms with Gasteiger partial charge in [-0.15, -0.1) is 0 Å². The van der Waals surface area contributed by atoms with Crippen molar-refractivity contribution < 1.29 is 18.3 Å². The predicted octanol–water partition coefficient (Wildman–Crippen LogP) is 4.45.